The number of benzene rings is 1. The molecule has 3 heterocycles. The van der Waals surface area contributed by atoms with Gasteiger partial charge >= 0.3 is 0 Å². The summed E-state index contributed by atoms with van der Waals surface area (Å²) in [5.74, 6) is 0.902. The predicted molar refractivity (Wildman–Crippen MR) is 117 cm³/mol. The smallest absolute Gasteiger partial charge is 0.193 e. The van der Waals surface area contributed by atoms with Crippen LogP contribution >= 0.6 is 47.2 Å². The maximum Gasteiger partial charge on any atom is 0.193 e. The molecule has 2 bridgehead atoms. The summed E-state index contributed by atoms with van der Waals surface area (Å²) in [5.41, 5.74) is 1.11. The number of rotatable bonds is 4. The Morgan fingerprint density at radius 1 is 1.24 bits per heavy atom. The summed E-state index contributed by atoms with van der Waals surface area (Å²) in [5, 5.41) is 4.69. The van der Waals surface area contributed by atoms with Crippen LogP contribution in [0, 0.1) is 0 Å². The highest BCUT2D eigenvalue weighted by atomic mass is 127. The minimum atomic E-state index is 0. The van der Waals surface area contributed by atoms with Gasteiger partial charge in [0.05, 0.1) is 10.0 Å². The van der Waals surface area contributed by atoms with Crippen LogP contribution in [0.25, 0.3) is 0 Å². The molecule has 0 radical (unpaired) electrons. The summed E-state index contributed by atoms with van der Waals surface area (Å²) < 4.78 is 0. The fourth-order valence-corrected chi connectivity index (χ4v) is 3.82. The first-order chi connectivity index (χ1) is 11.6. The number of piperazine rings is 3. The first-order valence-electron chi connectivity index (χ1n) is 8.39. The van der Waals surface area contributed by atoms with E-state index >= 15 is 0 Å². The van der Waals surface area contributed by atoms with Crippen LogP contribution in [0.2, 0.25) is 10.0 Å². The lowest BCUT2D eigenvalue weighted by atomic mass is 10.1. The van der Waals surface area contributed by atoms with Gasteiger partial charge in [-0.3, -0.25) is 14.8 Å². The van der Waals surface area contributed by atoms with Crippen molar-refractivity contribution in [2.45, 2.75) is 12.6 Å². The molecule has 0 saturated carbocycles. The molecule has 1 N–H and O–H groups in total. The number of guanidine groups is 1. The number of hydrogen-bond acceptors (Lipinski definition) is 3. The van der Waals surface area contributed by atoms with Gasteiger partial charge in [0.2, 0.25) is 0 Å². The number of halogens is 3. The highest BCUT2D eigenvalue weighted by molar-refractivity contribution is 14.0. The van der Waals surface area contributed by atoms with E-state index in [2.05, 4.69) is 25.0 Å². The van der Waals surface area contributed by atoms with Crippen LogP contribution in [0.3, 0.4) is 0 Å². The molecule has 0 aliphatic carbocycles. The van der Waals surface area contributed by atoms with E-state index < -0.39 is 0 Å². The van der Waals surface area contributed by atoms with Gasteiger partial charge < -0.3 is 10.2 Å². The summed E-state index contributed by atoms with van der Waals surface area (Å²) in [6, 6.07) is 6.32. The van der Waals surface area contributed by atoms with Crippen molar-refractivity contribution < 1.29 is 0 Å². The van der Waals surface area contributed by atoms with Crippen molar-refractivity contribution in [3.63, 3.8) is 0 Å². The molecule has 3 aliphatic heterocycles. The number of hydrogen-bond donors (Lipinski definition) is 1. The van der Waals surface area contributed by atoms with Crippen molar-refractivity contribution in [1.82, 2.24) is 20.0 Å². The zero-order valence-corrected chi connectivity index (χ0v) is 18.6. The number of nitrogens with one attached hydrogen (secondary N) is 1. The maximum atomic E-state index is 6.10. The SMILES string of the molecule is CN=C(NCC1CN2CCN1CC2)N(C)Cc1ccc(Cl)c(Cl)c1.I. The Kier molecular flexibility index (Phi) is 8.07. The number of aliphatic imine (C=N–C) groups is 1. The molecule has 1 aromatic carbocycles. The van der Waals surface area contributed by atoms with Crippen molar-refractivity contribution in [1.29, 1.82) is 0 Å². The lowest BCUT2D eigenvalue weighted by Crippen LogP contribution is -2.63. The van der Waals surface area contributed by atoms with Crippen LogP contribution in [0.1, 0.15) is 5.56 Å². The molecule has 1 atom stereocenters. The normalized spacial score (nSPS) is 25.4. The Balaban J connectivity index is 0.00000225. The lowest BCUT2D eigenvalue weighted by Gasteiger charge is -2.47. The maximum absolute atomic E-state index is 6.10. The fourth-order valence-electron chi connectivity index (χ4n) is 3.50. The minimum Gasteiger partial charge on any atom is -0.355 e. The van der Waals surface area contributed by atoms with Crippen molar-refractivity contribution in [3.05, 3.63) is 33.8 Å². The molecule has 1 unspecified atom stereocenters. The van der Waals surface area contributed by atoms with Crippen molar-refractivity contribution >= 4 is 53.1 Å². The molecule has 3 fully saturated rings. The topological polar surface area (TPSA) is 34.1 Å². The number of nitrogens with zero attached hydrogens (tertiary/aromatic N) is 4. The van der Waals surface area contributed by atoms with Crippen LogP contribution in [0.5, 0.6) is 0 Å². The Hall–Kier alpha value is -0.280. The van der Waals surface area contributed by atoms with Gasteiger partial charge in [-0.25, -0.2) is 0 Å². The molecule has 140 valence electrons. The summed E-state index contributed by atoms with van der Waals surface area (Å²) in [6.07, 6.45) is 0. The molecule has 25 heavy (non-hydrogen) atoms. The highest BCUT2D eigenvalue weighted by Crippen LogP contribution is 2.23. The van der Waals surface area contributed by atoms with E-state index in [1.165, 1.54) is 26.2 Å². The van der Waals surface area contributed by atoms with Crippen LogP contribution in [0.15, 0.2) is 23.2 Å². The van der Waals surface area contributed by atoms with Crippen LogP contribution in [-0.4, -0.2) is 80.1 Å². The molecule has 4 rings (SSSR count). The van der Waals surface area contributed by atoms with Gasteiger partial charge in [0.25, 0.3) is 0 Å². The third kappa shape index (κ3) is 5.35. The molecule has 0 spiro atoms. The summed E-state index contributed by atoms with van der Waals surface area (Å²) >= 11 is 12.1. The van der Waals surface area contributed by atoms with E-state index in [1.807, 2.05) is 32.3 Å². The van der Waals surface area contributed by atoms with Crippen molar-refractivity contribution in [3.8, 4) is 0 Å². The van der Waals surface area contributed by atoms with E-state index in [4.69, 9.17) is 23.2 Å². The molecule has 3 saturated heterocycles. The Morgan fingerprint density at radius 3 is 2.52 bits per heavy atom. The first kappa shape index (κ1) is 21.0. The third-order valence-electron chi connectivity index (χ3n) is 4.87. The fraction of sp³-hybridized carbons (Fsp3) is 0.588. The van der Waals surface area contributed by atoms with Gasteiger partial charge in [-0.1, -0.05) is 29.3 Å². The average molecular weight is 498 g/mol. The second-order valence-corrected chi connectivity index (χ2v) is 7.34. The zero-order valence-electron chi connectivity index (χ0n) is 14.7. The molecule has 0 aromatic heterocycles. The molecular weight excluding hydrogens is 472 g/mol. The van der Waals surface area contributed by atoms with Crippen molar-refractivity contribution in [2.75, 3.05) is 53.4 Å². The quantitative estimate of drug-likeness (QED) is 0.394. The molecule has 8 heteroatoms. The van der Waals surface area contributed by atoms with Crippen LogP contribution in [-0.2, 0) is 6.54 Å². The highest BCUT2D eigenvalue weighted by Gasteiger charge is 2.31. The van der Waals surface area contributed by atoms with Gasteiger partial charge in [-0.15, -0.1) is 24.0 Å². The van der Waals surface area contributed by atoms with E-state index in [0.717, 1.165) is 31.2 Å². The standard InChI is InChI=1S/C17H25Cl2N5.HI/c1-20-17(21-10-14-12-23-5-7-24(14)8-6-23)22(2)11-13-3-4-15(18)16(19)9-13;/h3-4,9,14H,5-8,10-12H2,1-2H3,(H,20,21);1H. The summed E-state index contributed by atoms with van der Waals surface area (Å²) in [7, 11) is 3.86. The van der Waals surface area contributed by atoms with Crippen LogP contribution < -0.4 is 5.32 Å². The van der Waals surface area contributed by atoms with Crippen LogP contribution in [0.4, 0.5) is 0 Å². The Morgan fingerprint density at radius 2 is 1.96 bits per heavy atom. The van der Waals surface area contributed by atoms with Gasteiger partial charge in [0.15, 0.2) is 5.96 Å². The van der Waals surface area contributed by atoms with E-state index in [9.17, 15) is 0 Å². The molecule has 3 aliphatic rings. The minimum absolute atomic E-state index is 0. The third-order valence-corrected chi connectivity index (χ3v) is 5.60. The lowest BCUT2D eigenvalue weighted by molar-refractivity contribution is 0.0152. The van der Waals surface area contributed by atoms with Gasteiger partial charge in [-0.2, -0.15) is 0 Å². The predicted octanol–water partition coefficient (Wildman–Crippen LogP) is 2.62. The Labute approximate surface area is 177 Å². The molecule has 1 aromatic rings. The van der Waals surface area contributed by atoms with E-state index in [-0.39, 0.29) is 24.0 Å². The van der Waals surface area contributed by atoms with E-state index in [1.54, 1.807) is 0 Å². The summed E-state index contributed by atoms with van der Waals surface area (Å²) in [4.78, 5) is 11.7. The number of fused-ring (bicyclic) bond motifs is 3. The monoisotopic (exact) mass is 497 g/mol. The zero-order chi connectivity index (χ0) is 17.1. The van der Waals surface area contributed by atoms with Crippen molar-refractivity contribution in [2.24, 2.45) is 4.99 Å². The molecule has 5 nitrogen and oxygen atoms in total. The van der Waals surface area contributed by atoms with Gasteiger partial charge in [0, 0.05) is 66.0 Å². The summed E-state index contributed by atoms with van der Waals surface area (Å²) in [6.45, 7) is 7.60. The van der Waals surface area contributed by atoms with Gasteiger partial charge in [-0.05, 0) is 17.7 Å². The second-order valence-electron chi connectivity index (χ2n) is 6.52. The second kappa shape index (κ2) is 9.60. The average Bonchev–Trinajstić information content (AvgIpc) is 2.60. The Bertz CT molecular complexity index is 605. The first-order valence-corrected chi connectivity index (χ1v) is 9.14. The van der Waals surface area contributed by atoms with Gasteiger partial charge in [0.1, 0.15) is 0 Å². The largest absolute Gasteiger partial charge is 0.355 e. The molecule has 0 amide bonds. The molecular formula is C17H26Cl2IN5. The van der Waals surface area contributed by atoms with E-state index in [0.29, 0.717) is 16.1 Å².